The van der Waals surface area contributed by atoms with E-state index in [1.165, 1.54) is 51.4 Å². The lowest BCUT2D eigenvalue weighted by atomic mass is 10.0. The third-order valence-electron chi connectivity index (χ3n) is 5.25. The number of unbranched alkanes of at least 4 members (excludes halogenated alkanes) is 9. The number of hydrogen-bond acceptors (Lipinski definition) is 5. The van der Waals surface area contributed by atoms with Crippen molar-refractivity contribution < 1.29 is 10.2 Å². The molecule has 0 aromatic heterocycles. The van der Waals surface area contributed by atoms with Crippen LogP contribution in [0.1, 0.15) is 82.3 Å². The summed E-state index contributed by atoms with van der Waals surface area (Å²) in [6.07, 6.45) is 13.4. The van der Waals surface area contributed by atoms with Crippen molar-refractivity contribution in [3.8, 4) is 17.6 Å². The Morgan fingerprint density at radius 3 is 2.17 bits per heavy atom. The Morgan fingerprint density at radius 2 is 1.50 bits per heavy atom. The Kier molecular flexibility index (Phi) is 10.4. The molecule has 2 aromatic rings. The zero-order chi connectivity index (χ0) is 21.6. The average molecular weight is 408 g/mol. The molecule has 0 unspecified atom stereocenters. The molecular weight excluding hydrogens is 374 g/mol. The molecule has 160 valence electrons. The van der Waals surface area contributed by atoms with E-state index < -0.39 is 0 Å². The molecule has 0 amide bonds. The fourth-order valence-electron chi connectivity index (χ4n) is 3.46. The third kappa shape index (κ3) is 7.87. The normalized spacial score (nSPS) is 11.1. The first kappa shape index (κ1) is 23.4. The molecule has 0 saturated heterocycles. The van der Waals surface area contributed by atoms with Crippen LogP contribution in [-0.2, 0) is 6.42 Å². The highest BCUT2D eigenvalue weighted by Crippen LogP contribution is 2.40. The molecule has 5 heteroatoms. The van der Waals surface area contributed by atoms with Crippen LogP contribution < -0.4 is 0 Å². The number of benzene rings is 2. The van der Waals surface area contributed by atoms with Gasteiger partial charge in [-0.15, -0.1) is 5.11 Å². The Bertz CT molecular complexity index is 856. The lowest BCUT2D eigenvalue weighted by Gasteiger charge is -2.08. The summed E-state index contributed by atoms with van der Waals surface area (Å²) in [5, 5.41) is 37.6. The maximum absolute atomic E-state index is 10.5. The van der Waals surface area contributed by atoms with Gasteiger partial charge in [-0.1, -0.05) is 76.8 Å². The van der Waals surface area contributed by atoms with Gasteiger partial charge in [-0.2, -0.15) is 10.4 Å². The molecule has 5 nitrogen and oxygen atoms in total. The number of nitriles is 1. The fraction of sp³-hybridized carbons (Fsp3) is 0.480. The first-order valence-electron chi connectivity index (χ1n) is 11.1. The lowest BCUT2D eigenvalue weighted by molar-refractivity contribution is 0.446. The van der Waals surface area contributed by atoms with Crippen LogP contribution in [0.3, 0.4) is 0 Å². The molecular formula is C25H33N3O2. The lowest BCUT2D eigenvalue weighted by Crippen LogP contribution is -1.88. The van der Waals surface area contributed by atoms with E-state index in [-0.39, 0.29) is 17.2 Å². The Labute approximate surface area is 180 Å². The van der Waals surface area contributed by atoms with Gasteiger partial charge in [-0.25, -0.2) is 0 Å². The first-order chi connectivity index (χ1) is 14.7. The van der Waals surface area contributed by atoms with Crippen LogP contribution in [0.25, 0.3) is 0 Å². The van der Waals surface area contributed by atoms with Gasteiger partial charge in [0.05, 0.1) is 17.3 Å². The summed E-state index contributed by atoms with van der Waals surface area (Å²) < 4.78 is 0. The van der Waals surface area contributed by atoms with Crippen molar-refractivity contribution in [3.05, 3.63) is 47.5 Å². The Morgan fingerprint density at radius 1 is 0.833 bits per heavy atom. The second kappa shape index (κ2) is 13.4. The van der Waals surface area contributed by atoms with E-state index >= 15 is 0 Å². The monoisotopic (exact) mass is 407 g/mol. The fourth-order valence-corrected chi connectivity index (χ4v) is 3.46. The topological polar surface area (TPSA) is 89.0 Å². The second-order valence-corrected chi connectivity index (χ2v) is 7.74. The third-order valence-corrected chi connectivity index (χ3v) is 5.25. The molecule has 0 aliphatic rings. The molecule has 0 spiro atoms. The number of phenols is 2. The highest BCUT2D eigenvalue weighted by Gasteiger charge is 2.12. The van der Waals surface area contributed by atoms with Crippen molar-refractivity contribution in [2.75, 3.05) is 0 Å². The maximum atomic E-state index is 10.5. The zero-order valence-electron chi connectivity index (χ0n) is 18.0. The summed E-state index contributed by atoms with van der Waals surface area (Å²) in [6.45, 7) is 2.24. The molecule has 2 aromatic carbocycles. The average Bonchev–Trinajstić information content (AvgIpc) is 2.76. The number of aromatic hydroxyl groups is 2. The molecule has 0 aliphatic heterocycles. The summed E-state index contributed by atoms with van der Waals surface area (Å²) in [7, 11) is 0. The van der Waals surface area contributed by atoms with Gasteiger partial charge >= 0.3 is 0 Å². The van der Waals surface area contributed by atoms with E-state index in [0.29, 0.717) is 11.3 Å². The van der Waals surface area contributed by atoms with Crippen LogP contribution in [-0.4, -0.2) is 10.2 Å². The van der Waals surface area contributed by atoms with E-state index in [2.05, 4.69) is 17.2 Å². The summed E-state index contributed by atoms with van der Waals surface area (Å²) in [4.78, 5) is 0. The molecule has 0 bridgehead atoms. The first-order valence-corrected chi connectivity index (χ1v) is 11.1. The van der Waals surface area contributed by atoms with Crippen molar-refractivity contribution in [1.29, 1.82) is 5.26 Å². The number of phenolic OH excluding ortho intramolecular Hbond substituents is 2. The highest BCUT2D eigenvalue weighted by molar-refractivity contribution is 5.64. The number of azo groups is 1. The zero-order valence-corrected chi connectivity index (χ0v) is 18.0. The van der Waals surface area contributed by atoms with Gasteiger partial charge in [0.15, 0.2) is 5.69 Å². The van der Waals surface area contributed by atoms with Gasteiger partial charge in [-0.05, 0) is 42.7 Å². The van der Waals surface area contributed by atoms with Crippen LogP contribution in [0.4, 0.5) is 11.4 Å². The van der Waals surface area contributed by atoms with Gasteiger partial charge < -0.3 is 10.2 Å². The molecule has 0 heterocycles. The van der Waals surface area contributed by atoms with Crippen molar-refractivity contribution >= 4 is 11.4 Å². The van der Waals surface area contributed by atoms with Crippen LogP contribution in [0, 0.1) is 11.3 Å². The van der Waals surface area contributed by atoms with Gasteiger partial charge in [0.1, 0.15) is 11.5 Å². The highest BCUT2D eigenvalue weighted by atomic mass is 16.3. The predicted molar refractivity (Wildman–Crippen MR) is 121 cm³/mol. The molecule has 0 fully saturated rings. The standard InChI is InChI=1S/C25H33N3O2/c1-2-3-4-5-6-7-8-9-10-11-14-21-16-17-23(29)24(25(21)30)28-27-22-15-12-13-20(18-22)19-26/h12-13,15-18,29-30H,2-11,14H2,1H3. The number of aryl methyl sites for hydroxylation is 1. The van der Waals surface area contributed by atoms with Crippen LogP contribution in [0.2, 0.25) is 0 Å². The number of hydrogen-bond donors (Lipinski definition) is 2. The van der Waals surface area contributed by atoms with E-state index in [1.807, 2.05) is 6.07 Å². The molecule has 2 N–H and O–H groups in total. The smallest absolute Gasteiger partial charge is 0.169 e. The summed E-state index contributed by atoms with van der Waals surface area (Å²) >= 11 is 0. The SMILES string of the molecule is CCCCCCCCCCCCc1ccc(O)c(N=Nc2cccc(C#N)c2)c1O. The van der Waals surface area contributed by atoms with Gasteiger partial charge in [0.2, 0.25) is 0 Å². The van der Waals surface area contributed by atoms with E-state index in [4.69, 9.17) is 5.26 Å². The number of rotatable bonds is 13. The van der Waals surface area contributed by atoms with Crippen molar-refractivity contribution in [2.24, 2.45) is 10.2 Å². The summed E-state index contributed by atoms with van der Waals surface area (Å²) in [6, 6.07) is 12.1. The van der Waals surface area contributed by atoms with Gasteiger partial charge in [-0.3, -0.25) is 0 Å². The molecule has 30 heavy (non-hydrogen) atoms. The molecule has 0 aliphatic carbocycles. The Balaban J connectivity index is 1.83. The van der Waals surface area contributed by atoms with Crippen molar-refractivity contribution in [2.45, 2.75) is 77.6 Å². The second-order valence-electron chi connectivity index (χ2n) is 7.74. The predicted octanol–water partition coefficient (Wildman–Crippen LogP) is 7.85. The molecule has 0 radical (unpaired) electrons. The Hall–Kier alpha value is -2.87. The van der Waals surface area contributed by atoms with E-state index in [1.54, 1.807) is 36.4 Å². The summed E-state index contributed by atoms with van der Waals surface area (Å²) in [5.41, 5.74) is 1.82. The van der Waals surface area contributed by atoms with Gasteiger partial charge in [0, 0.05) is 0 Å². The minimum absolute atomic E-state index is 0.0221. The van der Waals surface area contributed by atoms with Crippen LogP contribution in [0.5, 0.6) is 11.5 Å². The maximum Gasteiger partial charge on any atom is 0.169 e. The van der Waals surface area contributed by atoms with E-state index in [9.17, 15) is 10.2 Å². The quantitative estimate of drug-likeness (QED) is 0.262. The molecule has 0 atom stereocenters. The van der Waals surface area contributed by atoms with Gasteiger partial charge in [0.25, 0.3) is 0 Å². The van der Waals surface area contributed by atoms with Crippen LogP contribution >= 0.6 is 0 Å². The minimum Gasteiger partial charge on any atom is -0.505 e. The minimum atomic E-state index is -0.112. The van der Waals surface area contributed by atoms with Crippen molar-refractivity contribution in [3.63, 3.8) is 0 Å². The van der Waals surface area contributed by atoms with E-state index in [0.717, 1.165) is 24.8 Å². The van der Waals surface area contributed by atoms with Crippen LogP contribution in [0.15, 0.2) is 46.6 Å². The number of nitrogens with zero attached hydrogens (tertiary/aromatic N) is 3. The summed E-state index contributed by atoms with van der Waals surface area (Å²) in [5.74, 6) is -0.134. The molecule has 0 saturated carbocycles. The molecule has 2 rings (SSSR count). The van der Waals surface area contributed by atoms with Crippen molar-refractivity contribution in [1.82, 2.24) is 0 Å². The largest absolute Gasteiger partial charge is 0.505 e.